The second-order valence-corrected chi connectivity index (χ2v) is 6.76. The Morgan fingerprint density at radius 1 is 1.29 bits per heavy atom. The van der Waals surface area contributed by atoms with Crippen LogP contribution in [0.4, 0.5) is 5.69 Å². The number of hydrogen-bond donors (Lipinski definition) is 2. The molecule has 5 heteroatoms. The van der Waals surface area contributed by atoms with E-state index in [1.54, 1.807) is 6.21 Å². The van der Waals surface area contributed by atoms with Gasteiger partial charge < -0.3 is 15.5 Å². The molecule has 128 valence electrons. The zero-order valence-corrected chi connectivity index (χ0v) is 14.0. The molecule has 1 aliphatic heterocycles. The van der Waals surface area contributed by atoms with Crippen LogP contribution < -0.4 is 10.7 Å². The molecule has 1 saturated carbocycles. The van der Waals surface area contributed by atoms with Gasteiger partial charge in [-0.25, -0.2) is 0 Å². The maximum Gasteiger partial charge on any atom is 0.224 e. The van der Waals surface area contributed by atoms with Gasteiger partial charge in [0.2, 0.25) is 5.91 Å². The summed E-state index contributed by atoms with van der Waals surface area (Å²) in [5.74, 6) is 0.816. The molecular formula is C19H25N3O2. The van der Waals surface area contributed by atoms with Gasteiger partial charge in [0.05, 0.1) is 12.3 Å². The van der Waals surface area contributed by atoms with Crippen LogP contribution in [0.15, 0.2) is 23.3 Å². The predicted octanol–water partition coefficient (Wildman–Crippen LogP) is 3.55. The molecule has 1 amide bonds. The second kappa shape index (κ2) is 8.08. The summed E-state index contributed by atoms with van der Waals surface area (Å²) in [7, 11) is 0. The molecule has 0 aromatic heterocycles. The molecule has 1 aliphatic carbocycles. The molecule has 24 heavy (non-hydrogen) atoms. The van der Waals surface area contributed by atoms with E-state index >= 15 is 0 Å². The van der Waals surface area contributed by atoms with Crippen LogP contribution in [0.3, 0.4) is 0 Å². The van der Waals surface area contributed by atoms with Gasteiger partial charge in [-0.05, 0) is 42.0 Å². The zero-order valence-electron chi connectivity index (χ0n) is 14.0. The van der Waals surface area contributed by atoms with Crippen molar-refractivity contribution in [3.63, 3.8) is 0 Å². The van der Waals surface area contributed by atoms with E-state index in [0.717, 1.165) is 35.4 Å². The summed E-state index contributed by atoms with van der Waals surface area (Å²) in [6.45, 7) is 0. The Balaban J connectivity index is 1.60. The van der Waals surface area contributed by atoms with Gasteiger partial charge in [-0.2, -0.15) is 5.10 Å². The number of amides is 1. The lowest BCUT2D eigenvalue weighted by Crippen LogP contribution is -2.22. The number of carbonyl (C=O) groups is 2. The van der Waals surface area contributed by atoms with Crippen molar-refractivity contribution in [2.75, 3.05) is 5.32 Å². The number of anilines is 1. The summed E-state index contributed by atoms with van der Waals surface area (Å²) in [4.78, 5) is 22.8. The second-order valence-electron chi connectivity index (χ2n) is 6.76. The molecule has 1 heterocycles. The molecule has 2 N–H and O–H groups in total. The van der Waals surface area contributed by atoms with Crippen LogP contribution in [-0.4, -0.2) is 18.4 Å². The van der Waals surface area contributed by atoms with Crippen molar-refractivity contribution in [3.8, 4) is 0 Å². The van der Waals surface area contributed by atoms with Crippen LogP contribution in [0.5, 0.6) is 0 Å². The summed E-state index contributed by atoms with van der Waals surface area (Å²) < 4.78 is 0. The Hall–Kier alpha value is -2.17. The minimum absolute atomic E-state index is 0.0190. The van der Waals surface area contributed by atoms with Crippen LogP contribution in [-0.2, 0) is 9.59 Å². The van der Waals surface area contributed by atoms with Gasteiger partial charge in [-0.1, -0.05) is 31.7 Å². The molecule has 0 bridgehead atoms. The first-order valence-corrected chi connectivity index (χ1v) is 8.92. The fourth-order valence-electron chi connectivity index (χ4n) is 3.65. The number of aldehydes is 1. The number of carbonyl (C=O) groups excluding carboxylic acids is 2. The summed E-state index contributed by atoms with van der Waals surface area (Å²) in [5.41, 5.74) is 5.99. The highest BCUT2D eigenvalue weighted by atomic mass is 16.1. The quantitative estimate of drug-likeness (QED) is 0.752. The number of hydrogen-bond acceptors (Lipinski definition) is 4. The van der Waals surface area contributed by atoms with Crippen LogP contribution in [0.1, 0.15) is 68.5 Å². The number of nitrogens with zero attached hydrogens (tertiary/aromatic N) is 1. The van der Waals surface area contributed by atoms with Gasteiger partial charge in [0, 0.05) is 18.5 Å². The average Bonchev–Trinajstić information content (AvgIpc) is 3.12. The number of rotatable bonds is 7. The number of fused-ring (bicyclic) bond motifs is 1. The van der Waals surface area contributed by atoms with Gasteiger partial charge in [0.1, 0.15) is 6.29 Å². The van der Waals surface area contributed by atoms with Crippen molar-refractivity contribution < 1.29 is 9.59 Å². The van der Waals surface area contributed by atoms with Crippen molar-refractivity contribution in [2.24, 2.45) is 11.0 Å². The predicted molar refractivity (Wildman–Crippen MR) is 95.0 cm³/mol. The first-order valence-electron chi connectivity index (χ1n) is 8.92. The SMILES string of the molecule is O=CCCC1NN=Cc2ccc(NC(=O)CCC3CCCC3)cc21. The smallest absolute Gasteiger partial charge is 0.224 e. The van der Waals surface area contributed by atoms with Crippen LogP contribution in [0.2, 0.25) is 0 Å². The molecular weight excluding hydrogens is 302 g/mol. The largest absolute Gasteiger partial charge is 0.326 e. The van der Waals surface area contributed by atoms with E-state index in [0.29, 0.717) is 19.3 Å². The standard InChI is InChI=1S/C19H25N3O2/c23-11-3-6-18-17-12-16(9-8-15(17)13-20-22-18)21-19(24)10-7-14-4-1-2-5-14/h8-9,11-14,18,22H,1-7,10H2,(H,21,24). The van der Waals surface area contributed by atoms with Gasteiger partial charge in [0.25, 0.3) is 0 Å². The molecule has 1 fully saturated rings. The minimum atomic E-state index is 0.0190. The van der Waals surface area contributed by atoms with E-state index in [1.165, 1.54) is 25.7 Å². The Bertz CT molecular complexity index is 621. The van der Waals surface area contributed by atoms with E-state index in [1.807, 2.05) is 18.2 Å². The number of nitrogens with one attached hydrogen (secondary N) is 2. The molecule has 5 nitrogen and oxygen atoms in total. The molecule has 1 atom stereocenters. The molecule has 0 saturated heterocycles. The summed E-state index contributed by atoms with van der Waals surface area (Å²) in [5, 5.41) is 7.15. The highest BCUT2D eigenvalue weighted by Crippen LogP contribution is 2.29. The number of benzene rings is 1. The van der Waals surface area contributed by atoms with Gasteiger partial charge >= 0.3 is 0 Å². The fourth-order valence-corrected chi connectivity index (χ4v) is 3.65. The Kier molecular flexibility index (Phi) is 5.62. The Labute approximate surface area is 142 Å². The van der Waals surface area contributed by atoms with E-state index in [-0.39, 0.29) is 11.9 Å². The third kappa shape index (κ3) is 4.22. The highest BCUT2D eigenvalue weighted by molar-refractivity contribution is 5.92. The van der Waals surface area contributed by atoms with Crippen LogP contribution in [0.25, 0.3) is 0 Å². The summed E-state index contributed by atoms with van der Waals surface area (Å²) in [6.07, 6.45) is 10.7. The monoisotopic (exact) mass is 327 g/mol. The Morgan fingerprint density at radius 3 is 2.92 bits per heavy atom. The molecule has 3 rings (SSSR count). The molecule has 0 radical (unpaired) electrons. The topological polar surface area (TPSA) is 70.6 Å². The molecule has 1 unspecified atom stereocenters. The third-order valence-electron chi connectivity index (χ3n) is 5.01. The molecule has 1 aromatic rings. The van der Waals surface area contributed by atoms with Crippen molar-refractivity contribution in [1.82, 2.24) is 5.43 Å². The molecule has 2 aliphatic rings. The summed E-state index contributed by atoms with van der Waals surface area (Å²) >= 11 is 0. The van der Waals surface area contributed by atoms with Crippen molar-refractivity contribution >= 4 is 24.1 Å². The molecule has 1 aromatic carbocycles. The van der Waals surface area contributed by atoms with E-state index in [2.05, 4.69) is 15.8 Å². The first kappa shape index (κ1) is 16.7. The maximum absolute atomic E-state index is 12.2. The van der Waals surface area contributed by atoms with Crippen LogP contribution in [0, 0.1) is 5.92 Å². The lowest BCUT2D eigenvalue weighted by molar-refractivity contribution is -0.116. The van der Waals surface area contributed by atoms with E-state index < -0.39 is 0 Å². The third-order valence-corrected chi connectivity index (χ3v) is 5.01. The van der Waals surface area contributed by atoms with Crippen molar-refractivity contribution in [1.29, 1.82) is 0 Å². The fraction of sp³-hybridized carbons (Fsp3) is 0.526. The van der Waals surface area contributed by atoms with Crippen molar-refractivity contribution in [3.05, 3.63) is 29.3 Å². The highest BCUT2D eigenvalue weighted by Gasteiger charge is 2.19. The van der Waals surface area contributed by atoms with Gasteiger partial charge in [0.15, 0.2) is 0 Å². The lowest BCUT2D eigenvalue weighted by atomic mass is 9.96. The van der Waals surface area contributed by atoms with Gasteiger partial charge in [-0.15, -0.1) is 0 Å². The van der Waals surface area contributed by atoms with Crippen LogP contribution >= 0.6 is 0 Å². The molecule has 0 spiro atoms. The maximum atomic E-state index is 12.2. The summed E-state index contributed by atoms with van der Waals surface area (Å²) in [6, 6.07) is 5.90. The first-order chi connectivity index (χ1) is 11.8. The van der Waals surface area contributed by atoms with Crippen molar-refractivity contribution in [2.45, 2.75) is 57.4 Å². The number of hydrazone groups is 1. The zero-order chi connectivity index (χ0) is 16.8. The van der Waals surface area contributed by atoms with E-state index in [9.17, 15) is 9.59 Å². The minimum Gasteiger partial charge on any atom is -0.326 e. The average molecular weight is 327 g/mol. The normalized spacial score (nSPS) is 19.6. The lowest BCUT2D eigenvalue weighted by Gasteiger charge is -2.23. The van der Waals surface area contributed by atoms with Gasteiger partial charge in [-0.3, -0.25) is 4.79 Å². The Morgan fingerprint density at radius 2 is 2.12 bits per heavy atom. The van der Waals surface area contributed by atoms with E-state index in [4.69, 9.17) is 0 Å².